The Morgan fingerprint density at radius 1 is 1.24 bits per heavy atom. The fourth-order valence-corrected chi connectivity index (χ4v) is 2.24. The first-order chi connectivity index (χ1) is 10.0. The van der Waals surface area contributed by atoms with Crippen molar-refractivity contribution in [2.75, 3.05) is 19.1 Å². The van der Waals surface area contributed by atoms with Crippen molar-refractivity contribution in [2.45, 2.75) is 25.6 Å². The van der Waals surface area contributed by atoms with Gasteiger partial charge in [-0.05, 0) is 35.7 Å². The number of hydrogen-bond acceptors (Lipinski definition) is 3. The van der Waals surface area contributed by atoms with Crippen molar-refractivity contribution in [1.29, 1.82) is 0 Å². The van der Waals surface area contributed by atoms with Gasteiger partial charge in [0.1, 0.15) is 11.6 Å². The molecule has 0 spiro atoms. The van der Waals surface area contributed by atoms with Crippen LogP contribution in [0, 0.1) is 0 Å². The first-order valence-electron chi connectivity index (χ1n) is 6.99. The molecule has 2 rings (SSSR count). The molecule has 0 N–H and O–H groups in total. The highest BCUT2D eigenvalue weighted by atomic mass is 35.5. The maximum atomic E-state index is 6.01. The minimum absolute atomic E-state index is 0.366. The molecule has 0 amide bonds. The van der Waals surface area contributed by atoms with E-state index in [1.54, 1.807) is 7.11 Å². The molecule has 0 radical (unpaired) electrons. The van der Waals surface area contributed by atoms with Crippen LogP contribution < -0.4 is 9.64 Å². The Morgan fingerprint density at radius 2 is 2.00 bits per heavy atom. The van der Waals surface area contributed by atoms with E-state index in [-0.39, 0.29) is 0 Å². The number of pyridine rings is 1. The van der Waals surface area contributed by atoms with Gasteiger partial charge in [0.25, 0.3) is 0 Å². The van der Waals surface area contributed by atoms with Crippen LogP contribution in [0.15, 0.2) is 36.4 Å². The molecule has 1 aromatic carbocycles. The van der Waals surface area contributed by atoms with Crippen molar-refractivity contribution in [1.82, 2.24) is 4.98 Å². The molecule has 4 heteroatoms. The van der Waals surface area contributed by atoms with Crippen molar-refractivity contribution in [3.05, 3.63) is 47.7 Å². The van der Waals surface area contributed by atoms with Gasteiger partial charge in [-0.15, -0.1) is 11.6 Å². The third-order valence-electron chi connectivity index (χ3n) is 3.42. The molecule has 0 aliphatic carbocycles. The van der Waals surface area contributed by atoms with Crippen LogP contribution in [0.1, 0.15) is 31.0 Å². The van der Waals surface area contributed by atoms with Crippen molar-refractivity contribution >= 4 is 23.1 Å². The molecule has 0 saturated heterocycles. The van der Waals surface area contributed by atoms with Gasteiger partial charge in [-0.25, -0.2) is 4.98 Å². The Morgan fingerprint density at radius 3 is 2.62 bits per heavy atom. The van der Waals surface area contributed by atoms with Crippen molar-refractivity contribution in [2.24, 2.45) is 0 Å². The number of rotatable bonds is 5. The maximum Gasteiger partial charge on any atom is 0.133 e. The van der Waals surface area contributed by atoms with Crippen LogP contribution in [0.2, 0.25) is 0 Å². The summed E-state index contributed by atoms with van der Waals surface area (Å²) in [6.45, 7) is 4.27. The van der Waals surface area contributed by atoms with Crippen LogP contribution in [0.5, 0.6) is 5.75 Å². The summed E-state index contributed by atoms with van der Waals surface area (Å²) in [4.78, 5) is 6.79. The predicted molar refractivity (Wildman–Crippen MR) is 88.9 cm³/mol. The van der Waals surface area contributed by atoms with Gasteiger partial charge in [0.05, 0.1) is 7.11 Å². The topological polar surface area (TPSA) is 25.4 Å². The molecular formula is C17H21ClN2O. The Kier molecular flexibility index (Phi) is 5.07. The van der Waals surface area contributed by atoms with Crippen molar-refractivity contribution < 1.29 is 4.74 Å². The van der Waals surface area contributed by atoms with Gasteiger partial charge < -0.3 is 9.64 Å². The van der Waals surface area contributed by atoms with Crippen LogP contribution in [-0.2, 0) is 5.88 Å². The zero-order chi connectivity index (χ0) is 15.4. The lowest BCUT2D eigenvalue weighted by atomic mass is 10.1. The number of halogens is 1. The average Bonchev–Trinajstić information content (AvgIpc) is 2.53. The Labute approximate surface area is 131 Å². The van der Waals surface area contributed by atoms with Crippen LogP contribution in [0.4, 0.5) is 11.5 Å². The molecule has 21 heavy (non-hydrogen) atoms. The highest BCUT2D eigenvalue weighted by molar-refractivity contribution is 6.17. The summed E-state index contributed by atoms with van der Waals surface area (Å²) in [5, 5.41) is 0. The normalized spacial score (nSPS) is 10.8. The lowest BCUT2D eigenvalue weighted by Crippen LogP contribution is -2.13. The molecule has 1 aromatic heterocycles. The molecule has 0 bridgehead atoms. The van der Waals surface area contributed by atoms with Crippen LogP contribution >= 0.6 is 11.6 Å². The van der Waals surface area contributed by atoms with E-state index in [4.69, 9.17) is 21.3 Å². The van der Waals surface area contributed by atoms with E-state index >= 15 is 0 Å². The summed E-state index contributed by atoms with van der Waals surface area (Å²) in [5.41, 5.74) is 3.17. The first kappa shape index (κ1) is 15.6. The van der Waals surface area contributed by atoms with Crippen LogP contribution in [-0.4, -0.2) is 19.1 Å². The number of alkyl halides is 1. The van der Waals surface area contributed by atoms with Crippen molar-refractivity contribution in [3.8, 4) is 5.75 Å². The van der Waals surface area contributed by atoms with E-state index < -0.39 is 0 Å². The number of hydrogen-bond donors (Lipinski definition) is 0. The zero-order valence-corrected chi connectivity index (χ0v) is 13.7. The van der Waals surface area contributed by atoms with Gasteiger partial charge >= 0.3 is 0 Å². The standard InChI is InChI=1S/C17H21ClN2O/c1-12(2)16-8-13(11-18)9-17(19-16)20(3)14-6-5-7-15(10-14)21-4/h5-10,12H,11H2,1-4H3. The fourth-order valence-electron chi connectivity index (χ4n) is 2.09. The highest BCUT2D eigenvalue weighted by Crippen LogP contribution is 2.28. The second-order valence-electron chi connectivity index (χ2n) is 5.31. The Hall–Kier alpha value is -1.74. The molecule has 1 heterocycles. The molecule has 3 nitrogen and oxygen atoms in total. The highest BCUT2D eigenvalue weighted by Gasteiger charge is 2.11. The van der Waals surface area contributed by atoms with Crippen LogP contribution in [0.3, 0.4) is 0 Å². The molecule has 0 aliphatic heterocycles. The summed E-state index contributed by atoms with van der Waals surface area (Å²) < 4.78 is 5.28. The summed E-state index contributed by atoms with van der Waals surface area (Å²) in [7, 11) is 3.67. The average molecular weight is 305 g/mol. The quantitative estimate of drug-likeness (QED) is 0.747. The smallest absolute Gasteiger partial charge is 0.133 e. The number of nitrogens with zero attached hydrogens (tertiary/aromatic N) is 2. The Balaban J connectivity index is 2.41. The van der Waals surface area contributed by atoms with Gasteiger partial charge in [-0.3, -0.25) is 0 Å². The van der Waals surface area contributed by atoms with E-state index in [9.17, 15) is 0 Å². The molecule has 2 aromatic rings. The number of anilines is 2. The summed E-state index contributed by atoms with van der Waals surface area (Å²) in [6.07, 6.45) is 0. The lowest BCUT2D eigenvalue weighted by Gasteiger charge is -2.21. The lowest BCUT2D eigenvalue weighted by molar-refractivity contribution is 0.415. The largest absolute Gasteiger partial charge is 0.497 e. The van der Waals surface area contributed by atoms with E-state index in [0.717, 1.165) is 28.5 Å². The molecule has 0 atom stereocenters. The SMILES string of the molecule is COc1cccc(N(C)c2cc(CCl)cc(C(C)C)n2)c1. The van der Waals surface area contributed by atoms with E-state index in [2.05, 4.69) is 19.9 Å². The molecule has 0 aliphatic rings. The van der Waals surface area contributed by atoms with E-state index in [1.807, 2.05) is 42.3 Å². The monoisotopic (exact) mass is 304 g/mol. The number of benzene rings is 1. The zero-order valence-electron chi connectivity index (χ0n) is 12.9. The second-order valence-corrected chi connectivity index (χ2v) is 5.57. The molecule has 0 fully saturated rings. The third kappa shape index (κ3) is 3.67. The summed E-state index contributed by atoms with van der Waals surface area (Å²) in [6, 6.07) is 12.0. The van der Waals surface area contributed by atoms with Gasteiger partial charge in [0.15, 0.2) is 0 Å². The number of aromatic nitrogens is 1. The van der Waals surface area contributed by atoms with Gasteiger partial charge in [-0.1, -0.05) is 19.9 Å². The molecule has 112 valence electrons. The van der Waals surface area contributed by atoms with Gasteiger partial charge in [0, 0.05) is 30.4 Å². The summed E-state index contributed by atoms with van der Waals surface area (Å²) in [5.74, 6) is 2.58. The molecule has 0 unspecified atom stereocenters. The first-order valence-corrected chi connectivity index (χ1v) is 7.53. The maximum absolute atomic E-state index is 6.01. The van der Waals surface area contributed by atoms with Crippen molar-refractivity contribution in [3.63, 3.8) is 0 Å². The fraction of sp³-hybridized carbons (Fsp3) is 0.353. The van der Waals surface area contributed by atoms with E-state index in [1.165, 1.54) is 0 Å². The number of ether oxygens (including phenoxy) is 1. The minimum Gasteiger partial charge on any atom is -0.497 e. The molecule has 0 saturated carbocycles. The van der Waals surface area contributed by atoms with Crippen LogP contribution in [0.25, 0.3) is 0 Å². The Bertz CT molecular complexity index is 613. The minimum atomic E-state index is 0.366. The van der Waals surface area contributed by atoms with Gasteiger partial charge in [0.2, 0.25) is 0 Å². The summed E-state index contributed by atoms with van der Waals surface area (Å²) >= 11 is 6.01. The second kappa shape index (κ2) is 6.81. The van der Waals surface area contributed by atoms with E-state index in [0.29, 0.717) is 11.8 Å². The predicted octanol–water partition coefficient (Wildman–Crippen LogP) is 4.72. The third-order valence-corrected chi connectivity index (χ3v) is 3.73. The van der Waals surface area contributed by atoms with Gasteiger partial charge in [-0.2, -0.15) is 0 Å². The molecular weight excluding hydrogens is 284 g/mol. The number of methoxy groups -OCH3 is 1.